The first kappa shape index (κ1) is 19.9. The molecule has 0 saturated heterocycles. The average Bonchev–Trinajstić information content (AvgIpc) is 3.04. The van der Waals surface area contributed by atoms with Gasteiger partial charge in [-0.1, -0.05) is 55.5 Å². The van der Waals surface area contributed by atoms with Crippen molar-refractivity contribution < 1.29 is 4.79 Å². The van der Waals surface area contributed by atoms with Crippen molar-refractivity contribution in [2.24, 2.45) is 0 Å². The van der Waals surface area contributed by atoms with E-state index in [1.165, 1.54) is 5.56 Å². The first-order chi connectivity index (χ1) is 14.5. The molecule has 0 saturated carbocycles. The molecule has 0 aliphatic rings. The third-order valence-corrected chi connectivity index (χ3v) is 5.32. The molecule has 1 unspecified atom stereocenters. The Morgan fingerprint density at radius 3 is 2.47 bits per heavy atom. The lowest BCUT2D eigenvalue weighted by atomic mass is 10.0. The van der Waals surface area contributed by atoms with Crippen LogP contribution in [0.5, 0.6) is 0 Å². The van der Waals surface area contributed by atoms with Crippen molar-refractivity contribution in [3.8, 4) is 0 Å². The molecule has 0 fully saturated rings. The molecule has 0 radical (unpaired) electrons. The fourth-order valence-electron chi connectivity index (χ4n) is 3.94. The normalized spacial score (nSPS) is 12.5. The molecule has 2 aromatic heterocycles. The number of para-hydroxylation sites is 1. The van der Waals surface area contributed by atoms with E-state index in [2.05, 4.69) is 29.4 Å². The molecule has 4 rings (SSSR count). The van der Waals surface area contributed by atoms with Crippen molar-refractivity contribution in [3.05, 3.63) is 76.8 Å². The largest absolute Gasteiger partial charge is 0.352 e. The van der Waals surface area contributed by atoms with Crippen molar-refractivity contribution in [1.82, 2.24) is 19.4 Å². The molecule has 30 heavy (non-hydrogen) atoms. The Hall–Kier alpha value is -3.41. The maximum Gasteiger partial charge on any atom is 0.277 e. The van der Waals surface area contributed by atoms with E-state index in [-0.39, 0.29) is 30.0 Å². The number of amides is 1. The molecule has 2 heterocycles. The van der Waals surface area contributed by atoms with Crippen molar-refractivity contribution in [2.45, 2.75) is 45.8 Å². The fraction of sp³-hybridized carbons (Fsp3) is 0.292. The number of carbonyl (C=O) groups is 1. The maximum atomic E-state index is 13.5. The Morgan fingerprint density at radius 1 is 1.03 bits per heavy atom. The highest BCUT2D eigenvalue weighted by Crippen LogP contribution is 2.25. The zero-order valence-electron chi connectivity index (χ0n) is 17.5. The highest BCUT2D eigenvalue weighted by atomic mass is 16.2. The van der Waals surface area contributed by atoms with E-state index in [9.17, 15) is 9.59 Å². The molecule has 154 valence electrons. The van der Waals surface area contributed by atoms with Gasteiger partial charge in [0.15, 0.2) is 0 Å². The van der Waals surface area contributed by atoms with Gasteiger partial charge in [0.1, 0.15) is 17.6 Å². The second kappa shape index (κ2) is 8.14. The summed E-state index contributed by atoms with van der Waals surface area (Å²) in [4.78, 5) is 30.6. The van der Waals surface area contributed by atoms with Crippen LogP contribution in [0.4, 0.5) is 0 Å². The Kier molecular flexibility index (Phi) is 5.40. The van der Waals surface area contributed by atoms with E-state index in [1.807, 2.05) is 56.3 Å². The third-order valence-electron chi connectivity index (χ3n) is 5.32. The van der Waals surface area contributed by atoms with Crippen LogP contribution in [0.25, 0.3) is 21.9 Å². The van der Waals surface area contributed by atoms with E-state index >= 15 is 0 Å². The number of nitrogens with zero attached hydrogens (tertiary/aromatic N) is 3. The van der Waals surface area contributed by atoms with Gasteiger partial charge in [-0.2, -0.15) is 0 Å². The summed E-state index contributed by atoms with van der Waals surface area (Å²) >= 11 is 0. The van der Waals surface area contributed by atoms with Gasteiger partial charge in [0.2, 0.25) is 5.91 Å². The summed E-state index contributed by atoms with van der Waals surface area (Å²) in [6.07, 6.45) is 1.62. The lowest BCUT2D eigenvalue weighted by Gasteiger charge is -2.14. The van der Waals surface area contributed by atoms with Gasteiger partial charge in [-0.15, -0.1) is 0 Å². The molecule has 1 amide bonds. The standard InChI is InChI=1S/C24H26N4O2/c1-16(2)26-21(29)14-28-20-12-8-7-11-19(20)22-23(28)24(30)27(15-25-22)13-17(3)18-9-5-4-6-10-18/h4-12,15-17H,13-14H2,1-3H3,(H,26,29). The molecule has 0 aliphatic heterocycles. The van der Waals surface area contributed by atoms with Crippen LogP contribution in [-0.2, 0) is 17.9 Å². The third kappa shape index (κ3) is 3.73. The lowest BCUT2D eigenvalue weighted by Crippen LogP contribution is -2.34. The molecule has 0 bridgehead atoms. The predicted molar refractivity (Wildman–Crippen MR) is 120 cm³/mol. The predicted octanol–water partition coefficient (Wildman–Crippen LogP) is 3.68. The second-order valence-electron chi connectivity index (χ2n) is 8.04. The van der Waals surface area contributed by atoms with Crippen molar-refractivity contribution >= 4 is 27.8 Å². The number of carbonyl (C=O) groups excluding carboxylic acids is 1. The summed E-state index contributed by atoms with van der Waals surface area (Å²) in [6, 6.07) is 17.8. The molecule has 4 aromatic rings. The summed E-state index contributed by atoms with van der Waals surface area (Å²) in [5.41, 5.74) is 2.98. The van der Waals surface area contributed by atoms with Crippen LogP contribution in [0, 0.1) is 0 Å². The zero-order valence-corrected chi connectivity index (χ0v) is 17.5. The van der Waals surface area contributed by atoms with Gasteiger partial charge in [-0.3, -0.25) is 14.2 Å². The smallest absolute Gasteiger partial charge is 0.277 e. The molecular weight excluding hydrogens is 376 g/mol. The summed E-state index contributed by atoms with van der Waals surface area (Å²) < 4.78 is 3.44. The van der Waals surface area contributed by atoms with E-state index in [1.54, 1.807) is 15.5 Å². The summed E-state index contributed by atoms with van der Waals surface area (Å²) in [6.45, 7) is 6.53. The molecule has 6 heteroatoms. The van der Waals surface area contributed by atoms with Crippen LogP contribution in [0.1, 0.15) is 32.3 Å². The summed E-state index contributed by atoms with van der Waals surface area (Å²) in [7, 11) is 0. The lowest BCUT2D eigenvalue weighted by molar-refractivity contribution is -0.122. The van der Waals surface area contributed by atoms with Gasteiger partial charge in [-0.05, 0) is 31.4 Å². The first-order valence-electron chi connectivity index (χ1n) is 10.3. The van der Waals surface area contributed by atoms with Gasteiger partial charge in [0, 0.05) is 18.0 Å². The van der Waals surface area contributed by atoms with E-state index < -0.39 is 0 Å². The summed E-state index contributed by atoms with van der Waals surface area (Å²) in [5, 5.41) is 3.79. The van der Waals surface area contributed by atoms with Gasteiger partial charge < -0.3 is 9.88 Å². The minimum Gasteiger partial charge on any atom is -0.352 e. The number of benzene rings is 2. The monoisotopic (exact) mass is 402 g/mol. The SMILES string of the molecule is CC(C)NC(=O)Cn1c2ccccc2c2ncn(CC(C)c3ccccc3)c(=O)c21. The number of hydrogen-bond acceptors (Lipinski definition) is 3. The Labute approximate surface area is 175 Å². The number of fused-ring (bicyclic) bond motifs is 3. The van der Waals surface area contributed by atoms with Gasteiger partial charge in [-0.25, -0.2) is 4.98 Å². The molecule has 1 atom stereocenters. The van der Waals surface area contributed by atoms with E-state index in [0.29, 0.717) is 17.6 Å². The Morgan fingerprint density at radius 2 is 1.73 bits per heavy atom. The number of nitrogens with one attached hydrogen (secondary N) is 1. The number of aromatic nitrogens is 3. The fourth-order valence-corrected chi connectivity index (χ4v) is 3.94. The van der Waals surface area contributed by atoms with Crippen LogP contribution in [0.15, 0.2) is 65.7 Å². The highest BCUT2D eigenvalue weighted by molar-refractivity contribution is 6.06. The van der Waals surface area contributed by atoms with Crippen LogP contribution in [-0.4, -0.2) is 26.1 Å². The molecule has 0 spiro atoms. The van der Waals surface area contributed by atoms with Crippen molar-refractivity contribution in [3.63, 3.8) is 0 Å². The van der Waals surface area contributed by atoms with Gasteiger partial charge in [0.25, 0.3) is 5.56 Å². The average molecular weight is 402 g/mol. The zero-order chi connectivity index (χ0) is 21.3. The minimum absolute atomic E-state index is 0.0343. The second-order valence-corrected chi connectivity index (χ2v) is 8.04. The number of hydrogen-bond donors (Lipinski definition) is 1. The minimum atomic E-state index is -0.128. The quantitative estimate of drug-likeness (QED) is 0.535. The highest BCUT2D eigenvalue weighted by Gasteiger charge is 2.19. The first-order valence-corrected chi connectivity index (χ1v) is 10.3. The van der Waals surface area contributed by atoms with Gasteiger partial charge in [0.05, 0.1) is 11.8 Å². The van der Waals surface area contributed by atoms with Crippen molar-refractivity contribution in [1.29, 1.82) is 0 Å². The van der Waals surface area contributed by atoms with Crippen LogP contribution < -0.4 is 10.9 Å². The van der Waals surface area contributed by atoms with Crippen LogP contribution in [0.2, 0.25) is 0 Å². The Bertz CT molecular complexity index is 1250. The molecule has 1 N–H and O–H groups in total. The molecule has 0 aliphatic carbocycles. The molecular formula is C24H26N4O2. The topological polar surface area (TPSA) is 68.9 Å². The molecule has 6 nitrogen and oxygen atoms in total. The van der Waals surface area contributed by atoms with E-state index in [4.69, 9.17) is 0 Å². The van der Waals surface area contributed by atoms with Crippen LogP contribution in [0.3, 0.4) is 0 Å². The van der Waals surface area contributed by atoms with Crippen LogP contribution >= 0.6 is 0 Å². The maximum absolute atomic E-state index is 13.5. The number of rotatable bonds is 6. The van der Waals surface area contributed by atoms with Crippen molar-refractivity contribution in [2.75, 3.05) is 0 Å². The van der Waals surface area contributed by atoms with E-state index in [0.717, 1.165) is 10.9 Å². The summed E-state index contributed by atoms with van der Waals surface area (Å²) in [5.74, 6) is 0.0327. The molecule has 2 aromatic carbocycles. The Balaban J connectivity index is 1.81. The van der Waals surface area contributed by atoms with Gasteiger partial charge >= 0.3 is 0 Å².